The molecule has 0 amide bonds. The largest absolute Gasteiger partial charge is 0.481 e. The van der Waals surface area contributed by atoms with Gasteiger partial charge in [-0.1, -0.05) is 0 Å². The van der Waals surface area contributed by atoms with E-state index in [0.29, 0.717) is 44.2 Å². The Morgan fingerprint density at radius 3 is 2.89 bits per heavy atom. The maximum Gasteiger partial charge on any atom is 0.311 e. The summed E-state index contributed by atoms with van der Waals surface area (Å²) in [6.07, 6.45) is 2.71. The molecule has 2 rings (SSSR count). The molecule has 0 aromatic carbocycles. The van der Waals surface area contributed by atoms with Crippen molar-refractivity contribution in [1.29, 1.82) is 0 Å². The second-order valence-electron chi connectivity index (χ2n) is 4.54. The summed E-state index contributed by atoms with van der Waals surface area (Å²) in [5, 5.41) is 12.5. The van der Waals surface area contributed by atoms with E-state index in [-0.39, 0.29) is 0 Å². The van der Waals surface area contributed by atoms with Crippen LogP contribution in [0.2, 0.25) is 0 Å². The molecule has 1 aromatic rings. The van der Waals surface area contributed by atoms with Crippen LogP contribution in [0.5, 0.6) is 0 Å². The van der Waals surface area contributed by atoms with Gasteiger partial charge in [0.25, 0.3) is 0 Å². The predicted octanol–water partition coefficient (Wildman–Crippen LogP) is 1.08. The van der Waals surface area contributed by atoms with Crippen molar-refractivity contribution in [3.05, 3.63) is 18.1 Å². The first-order valence-electron chi connectivity index (χ1n) is 5.97. The fraction of sp³-hybridized carbons (Fsp3) is 0.583. The number of carboxylic acid groups (broad SMARTS) is 1. The van der Waals surface area contributed by atoms with Gasteiger partial charge in [-0.2, -0.15) is 0 Å². The van der Waals surface area contributed by atoms with Crippen molar-refractivity contribution >= 4 is 11.8 Å². The summed E-state index contributed by atoms with van der Waals surface area (Å²) in [7, 11) is 0. The Balaban J connectivity index is 2.04. The Morgan fingerprint density at radius 2 is 2.28 bits per heavy atom. The summed E-state index contributed by atoms with van der Waals surface area (Å²) >= 11 is 0. The SMILES string of the molecule is Cc1nccc(NCC2(C(=O)O)CCOCC2)n1. The number of rotatable bonds is 4. The zero-order chi connectivity index (χ0) is 13.0. The van der Waals surface area contributed by atoms with Gasteiger partial charge in [-0.15, -0.1) is 0 Å². The molecule has 6 nitrogen and oxygen atoms in total. The predicted molar refractivity (Wildman–Crippen MR) is 65.4 cm³/mol. The number of ether oxygens (including phenoxy) is 1. The van der Waals surface area contributed by atoms with Crippen LogP contribution in [0.15, 0.2) is 12.3 Å². The zero-order valence-corrected chi connectivity index (χ0v) is 10.3. The van der Waals surface area contributed by atoms with Crippen molar-refractivity contribution in [2.75, 3.05) is 25.1 Å². The Morgan fingerprint density at radius 1 is 1.56 bits per heavy atom. The van der Waals surface area contributed by atoms with Crippen molar-refractivity contribution in [3.8, 4) is 0 Å². The molecule has 0 bridgehead atoms. The van der Waals surface area contributed by atoms with E-state index in [2.05, 4.69) is 15.3 Å². The third-order valence-corrected chi connectivity index (χ3v) is 3.29. The first-order chi connectivity index (χ1) is 8.62. The van der Waals surface area contributed by atoms with Gasteiger partial charge in [0, 0.05) is 26.0 Å². The first kappa shape index (κ1) is 12.8. The minimum Gasteiger partial charge on any atom is -0.481 e. The van der Waals surface area contributed by atoms with Gasteiger partial charge in [-0.05, 0) is 25.8 Å². The van der Waals surface area contributed by atoms with E-state index in [0.717, 1.165) is 0 Å². The quantitative estimate of drug-likeness (QED) is 0.833. The second-order valence-corrected chi connectivity index (χ2v) is 4.54. The van der Waals surface area contributed by atoms with Crippen molar-refractivity contribution < 1.29 is 14.6 Å². The van der Waals surface area contributed by atoms with E-state index >= 15 is 0 Å². The zero-order valence-electron chi connectivity index (χ0n) is 10.3. The van der Waals surface area contributed by atoms with Crippen molar-refractivity contribution in [2.24, 2.45) is 5.41 Å². The van der Waals surface area contributed by atoms with Crippen molar-refractivity contribution in [3.63, 3.8) is 0 Å². The summed E-state index contributed by atoms with van der Waals surface area (Å²) in [5.74, 6) is 0.551. The highest BCUT2D eigenvalue weighted by Crippen LogP contribution is 2.31. The molecule has 18 heavy (non-hydrogen) atoms. The topological polar surface area (TPSA) is 84.3 Å². The third kappa shape index (κ3) is 2.76. The number of anilines is 1. The Kier molecular flexibility index (Phi) is 3.76. The highest BCUT2D eigenvalue weighted by Gasteiger charge is 2.40. The highest BCUT2D eigenvalue weighted by atomic mass is 16.5. The molecule has 1 saturated heterocycles. The van der Waals surface area contributed by atoms with Crippen LogP contribution in [0.3, 0.4) is 0 Å². The summed E-state index contributed by atoms with van der Waals surface area (Å²) in [6, 6.07) is 1.74. The maximum absolute atomic E-state index is 11.4. The molecule has 1 aromatic heterocycles. The molecule has 1 fully saturated rings. The van der Waals surface area contributed by atoms with E-state index in [1.807, 2.05) is 0 Å². The molecule has 0 radical (unpaired) electrons. The molecule has 6 heteroatoms. The van der Waals surface area contributed by atoms with Crippen LogP contribution in [0, 0.1) is 12.3 Å². The van der Waals surface area contributed by atoms with Crippen LogP contribution in [-0.2, 0) is 9.53 Å². The number of hydrogen-bond donors (Lipinski definition) is 2. The number of carbonyl (C=O) groups is 1. The monoisotopic (exact) mass is 251 g/mol. The lowest BCUT2D eigenvalue weighted by atomic mass is 9.80. The van der Waals surface area contributed by atoms with Crippen LogP contribution >= 0.6 is 0 Å². The van der Waals surface area contributed by atoms with E-state index in [4.69, 9.17) is 4.74 Å². The molecule has 0 saturated carbocycles. The lowest BCUT2D eigenvalue weighted by Crippen LogP contribution is -2.42. The molecule has 98 valence electrons. The van der Waals surface area contributed by atoms with E-state index in [1.165, 1.54) is 0 Å². The Hall–Kier alpha value is -1.69. The molecular weight excluding hydrogens is 234 g/mol. The molecule has 0 atom stereocenters. The minimum absolute atomic E-state index is 0.363. The first-order valence-corrected chi connectivity index (χ1v) is 5.97. The van der Waals surface area contributed by atoms with Crippen LogP contribution in [0.4, 0.5) is 5.82 Å². The minimum atomic E-state index is -0.774. The molecule has 2 N–H and O–H groups in total. The molecule has 0 spiro atoms. The molecule has 0 unspecified atom stereocenters. The average molecular weight is 251 g/mol. The van der Waals surface area contributed by atoms with Gasteiger partial charge < -0.3 is 15.2 Å². The second kappa shape index (κ2) is 5.30. The lowest BCUT2D eigenvalue weighted by molar-refractivity contribution is -0.153. The summed E-state index contributed by atoms with van der Waals surface area (Å²) in [6.45, 7) is 3.16. The molecule has 1 aliphatic heterocycles. The van der Waals surface area contributed by atoms with Crippen LogP contribution in [-0.4, -0.2) is 40.8 Å². The Labute approximate surface area is 105 Å². The summed E-state index contributed by atoms with van der Waals surface area (Å²) in [5.41, 5.74) is -0.753. The molecule has 2 heterocycles. The number of hydrogen-bond acceptors (Lipinski definition) is 5. The van der Waals surface area contributed by atoms with E-state index in [9.17, 15) is 9.90 Å². The van der Waals surface area contributed by atoms with Gasteiger partial charge >= 0.3 is 5.97 Å². The number of aromatic nitrogens is 2. The highest BCUT2D eigenvalue weighted by molar-refractivity contribution is 5.75. The lowest BCUT2D eigenvalue weighted by Gasteiger charge is -2.33. The van der Waals surface area contributed by atoms with Gasteiger partial charge in [0.2, 0.25) is 0 Å². The van der Waals surface area contributed by atoms with Gasteiger partial charge in [0.05, 0.1) is 5.41 Å². The number of nitrogens with zero attached hydrogens (tertiary/aromatic N) is 2. The average Bonchev–Trinajstić information content (AvgIpc) is 2.37. The third-order valence-electron chi connectivity index (χ3n) is 3.29. The van der Waals surface area contributed by atoms with E-state index in [1.54, 1.807) is 19.2 Å². The molecule has 1 aliphatic rings. The van der Waals surface area contributed by atoms with Crippen molar-refractivity contribution in [2.45, 2.75) is 19.8 Å². The van der Waals surface area contributed by atoms with Crippen LogP contribution in [0.25, 0.3) is 0 Å². The van der Waals surface area contributed by atoms with E-state index < -0.39 is 11.4 Å². The number of aryl methyl sites for hydroxylation is 1. The van der Waals surface area contributed by atoms with Gasteiger partial charge in [-0.3, -0.25) is 4.79 Å². The fourth-order valence-corrected chi connectivity index (χ4v) is 2.04. The smallest absolute Gasteiger partial charge is 0.311 e. The fourth-order valence-electron chi connectivity index (χ4n) is 2.04. The number of aliphatic carboxylic acids is 1. The van der Waals surface area contributed by atoms with Crippen LogP contribution in [0.1, 0.15) is 18.7 Å². The molecule has 0 aliphatic carbocycles. The summed E-state index contributed by atoms with van der Waals surface area (Å²) in [4.78, 5) is 19.6. The van der Waals surface area contributed by atoms with Crippen LogP contribution < -0.4 is 5.32 Å². The van der Waals surface area contributed by atoms with Gasteiger partial charge in [0.15, 0.2) is 0 Å². The Bertz CT molecular complexity index is 430. The molecular formula is C12H17N3O3. The maximum atomic E-state index is 11.4. The normalized spacial score (nSPS) is 18.3. The van der Waals surface area contributed by atoms with Crippen molar-refractivity contribution in [1.82, 2.24) is 9.97 Å². The summed E-state index contributed by atoms with van der Waals surface area (Å²) < 4.78 is 5.23. The van der Waals surface area contributed by atoms with Gasteiger partial charge in [-0.25, -0.2) is 9.97 Å². The van der Waals surface area contributed by atoms with Gasteiger partial charge in [0.1, 0.15) is 11.6 Å². The number of nitrogens with one attached hydrogen (secondary N) is 1. The number of carboxylic acids is 1. The standard InChI is InChI=1S/C12H17N3O3/c1-9-13-5-2-10(15-9)14-8-12(11(16)17)3-6-18-7-4-12/h2,5H,3-4,6-8H2,1H3,(H,16,17)(H,13,14,15).